The monoisotopic (exact) mass is 153 g/mol. The van der Waals surface area contributed by atoms with Crippen molar-refractivity contribution in [3.05, 3.63) is 17.0 Å². The highest BCUT2D eigenvalue weighted by atomic mass is 16.4. The van der Waals surface area contributed by atoms with Gasteiger partial charge >= 0.3 is 0 Å². The number of aromatic amines is 1. The molecule has 60 valence electrons. The Morgan fingerprint density at radius 2 is 2.27 bits per heavy atom. The molecule has 0 aliphatic heterocycles. The zero-order valence-corrected chi connectivity index (χ0v) is 6.47. The maximum atomic E-state index is 10.2. The summed E-state index contributed by atoms with van der Waals surface area (Å²) < 4.78 is 0. The van der Waals surface area contributed by atoms with Crippen molar-refractivity contribution in [3.8, 4) is 0 Å². The number of carbonyl (C=O) groups excluding carboxylic acids is 1. The predicted octanol–water partition coefficient (Wildman–Crippen LogP) is -0.681. The maximum absolute atomic E-state index is 10.2. The number of nitrogens with one attached hydrogen (secondary N) is 1. The van der Waals surface area contributed by atoms with Gasteiger partial charge in [0.05, 0.1) is 5.69 Å². The molecule has 0 saturated carbocycles. The summed E-state index contributed by atoms with van der Waals surface area (Å²) >= 11 is 0. The van der Waals surface area contributed by atoms with Gasteiger partial charge in [0.15, 0.2) is 0 Å². The Hall–Kier alpha value is -1.32. The molecule has 0 bridgehead atoms. The molecule has 11 heavy (non-hydrogen) atoms. The standard InChI is InChI=1S/C7H10N2O2/c1-4-6(3-7(10)11)5(2)9-8-4/h3H2,1-2H3,(H,8,9)(H,10,11)/p-1. The van der Waals surface area contributed by atoms with Gasteiger partial charge in [0.2, 0.25) is 0 Å². The molecule has 0 aromatic carbocycles. The minimum Gasteiger partial charge on any atom is -0.550 e. The molecular weight excluding hydrogens is 144 g/mol. The van der Waals surface area contributed by atoms with Crippen molar-refractivity contribution >= 4 is 5.97 Å². The lowest BCUT2D eigenvalue weighted by atomic mass is 10.1. The number of carboxylic acids is 1. The fourth-order valence-corrected chi connectivity index (χ4v) is 0.979. The van der Waals surface area contributed by atoms with E-state index >= 15 is 0 Å². The van der Waals surface area contributed by atoms with Crippen molar-refractivity contribution in [2.75, 3.05) is 0 Å². The number of H-pyrrole nitrogens is 1. The van der Waals surface area contributed by atoms with Crippen LogP contribution < -0.4 is 5.11 Å². The Kier molecular flexibility index (Phi) is 1.94. The first-order valence-electron chi connectivity index (χ1n) is 3.31. The third kappa shape index (κ3) is 1.58. The molecule has 1 rings (SSSR count). The van der Waals surface area contributed by atoms with Gasteiger partial charge in [0, 0.05) is 23.6 Å². The molecule has 0 unspecified atom stereocenters. The van der Waals surface area contributed by atoms with Crippen LogP contribution in [0.25, 0.3) is 0 Å². The second kappa shape index (κ2) is 2.74. The van der Waals surface area contributed by atoms with E-state index in [1.165, 1.54) is 0 Å². The molecule has 0 saturated heterocycles. The Morgan fingerprint density at radius 1 is 1.64 bits per heavy atom. The van der Waals surface area contributed by atoms with Crippen LogP contribution in [-0.2, 0) is 11.2 Å². The summed E-state index contributed by atoms with van der Waals surface area (Å²) in [6.07, 6.45) is -0.0613. The minimum atomic E-state index is -1.07. The van der Waals surface area contributed by atoms with Gasteiger partial charge in [-0.1, -0.05) is 0 Å². The summed E-state index contributed by atoms with van der Waals surface area (Å²) in [6.45, 7) is 3.56. The smallest absolute Gasteiger partial charge is 0.0629 e. The molecule has 0 aliphatic rings. The van der Waals surface area contributed by atoms with Gasteiger partial charge in [-0.05, 0) is 13.8 Å². The third-order valence-electron chi connectivity index (χ3n) is 1.60. The summed E-state index contributed by atoms with van der Waals surface area (Å²) in [5.41, 5.74) is 2.25. The van der Waals surface area contributed by atoms with E-state index in [1.54, 1.807) is 13.8 Å². The lowest BCUT2D eigenvalue weighted by molar-refractivity contribution is -0.304. The average Bonchev–Trinajstić information content (AvgIpc) is 2.18. The molecule has 0 spiro atoms. The maximum Gasteiger partial charge on any atom is 0.0629 e. The van der Waals surface area contributed by atoms with E-state index < -0.39 is 5.97 Å². The van der Waals surface area contributed by atoms with E-state index in [2.05, 4.69) is 10.2 Å². The highest BCUT2D eigenvalue weighted by Crippen LogP contribution is 2.08. The van der Waals surface area contributed by atoms with E-state index in [-0.39, 0.29) is 6.42 Å². The van der Waals surface area contributed by atoms with Crippen molar-refractivity contribution < 1.29 is 9.90 Å². The fourth-order valence-electron chi connectivity index (χ4n) is 0.979. The van der Waals surface area contributed by atoms with Gasteiger partial charge in [-0.15, -0.1) is 0 Å². The predicted molar refractivity (Wildman–Crippen MR) is 36.8 cm³/mol. The van der Waals surface area contributed by atoms with Crippen LogP contribution in [-0.4, -0.2) is 16.2 Å². The highest BCUT2D eigenvalue weighted by Gasteiger charge is 2.04. The molecule has 1 heterocycles. The molecule has 0 fully saturated rings. The summed E-state index contributed by atoms with van der Waals surface area (Å²) in [5, 5.41) is 16.8. The molecular formula is C7H9N2O2-. The molecule has 1 N–H and O–H groups in total. The SMILES string of the molecule is Cc1n[nH]c(C)c1CC(=O)[O-]. The lowest BCUT2D eigenvalue weighted by Gasteiger charge is -2.00. The number of carboxylic acid groups (broad SMARTS) is 1. The van der Waals surface area contributed by atoms with Crippen molar-refractivity contribution in [1.29, 1.82) is 0 Å². The largest absolute Gasteiger partial charge is 0.550 e. The first-order chi connectivity index (χ1) is 5.11. The number of aryl methyl sites for hydroxylation is 2. The van der Waals surface area contributed by atoms with Crippen LogP contribution in [0, 0.1) is 13.8 Å². The average molecular weight is 153 g/mol. The number of hydrogen-bond donors (Lipinski definition) is 1. The zero-order valence-electron chi connectivity index (χ0n) is 6.47. The Morgan fingerprint density at radius 3 is 2.64 bits per heavy atom. The van der Waals surface area contributed by atoms with Crippen molar-refractivity contribution in [1.82, 2.24) is 10.2 Å². The van der Waals surface area contributed by atoms with Crippen LogP contribution in [0.2, 0.25) is 0 Å². The molecule has 4 nitrogen and oxygen atoms in total. The molecule has 1 aromatic rings. The lowest BCUT2D eigenvalue weighted by Crippen LogP contribution is -2.24. The number of aromatic nitrogens is 2. The van der Waals surface area contributed by atoms with Gasteiger partial charge in [-0.3, -0.25) is 5.10 Å². The first kappa shape index (κ1) is 7.78. The molecule has 4 heteroatoms. The number of carbonyl (C=O) groups is 1. The van der Waals surface area contributed by atoms with E-state index in [0.717, 1.165) is 17.0 Å². The van der Waals surface area contributed by atoms with E-state index in [9.17, 15) is 9.90 Å². The molecule has 0 aliphatic carbocycles. The summed E-state index contributed by atoms with van der Waals surface area (Å²) in [5.74, 6) is -1.07. The van der Waals surface area contributed by atoms with Gasteiger partial charge in [0.25, 0.3) is 0 Å². The fraction of sp³-hybridized carbons (Fsp3) is 0.429. The van der Waals surface area contributed by atoms with Crippen molar-refractivity contribution in [2.24, 2.45) is 0 Å². The highest BCUT2D eigenvalue weighted by molar-refractivity contribution is 5.68. The normalized spacial score (nSPS) is 10.0. The van der Waals surface area contributed by atoms with Crippen LogP contribution in [0.3, 0.4) is 0 Å². The van der Waals surface area contributed by atoms with E-state index in [1.807, 2.05) is 0 Å². The van der Waals surface area contributed by atoms with Crippen LogP contribution in [0.15, 0.2) is 0 Å². The van der Waals surface area contributed by atoms with Gasteiger partial charge in [-0.25, -0.2) is 0 Å². The molecule has 0 atom stereocenters. The Bertz CT molecular complexity index is 258. The third-order valence-corrected chi connectivity index (χ3v) is 1.60. The van der Waals surface area contributed by atoms with E-state index in [0.29, 0.717) is 0 Å². The quantitative estimate of drug-likeness (QED) is 0.612. The van der Waals surface area contributed by atoms with Gasteiger partial charge in [0.1, 0.15) is 0 Å². The number of nitrogens with zero attached hydrogens (tertiary/aromatic N) is 1. The number of hydrogen-bond acceptors (Lipinski definition) is 3. The second-order valence-electron chi connectivity index (χ2n) is 2.46. The number of aliphatic carboxylic acids is 1. The van der Waals surface area contributed by atoms with Gasteiger partial charge < -0.3 is 9.90 Å². The Labute approximate surface area is 64.2 Å². The first-order valence-corrected chi connectivity index (χ1v) is 3.31. The molecule has 0 amide bonds. The van der Waals surface area contributed by atoms with Crippen LogP contribution in [0.5, 0.6) is 0 Å². The topological polar surface area (TPSA) is 68.8 Å². The summed E-state index contributed by atoms with van der Waals surface area (Å²) in [6, 6.07) is 0. The van der Waals surface area contributed by atoms with E-state index in [4.69, 9.17) is 0 Å². The van der Waals surface area contributed by atoms with Crippen LogP contribution in [0.4, 0.5) is 0 Å². The van der Waals surface area contributed by atoms with Crippen molar-refractivity contribution in [2.45, 2.75) is 20.3 Å². The van der Waals surface area contributed by atoms with Crippen molar-refractivity contribution in [3.63, 3.8) is 0 Å². The Balaban J connectivity index is 2.92. The minimum absolute atomic E-state index is 0.0613. The van der Waals surface area contributed by atoms with Gasteiger partial charge in [-0.2, -0.15) is 5.10 Å². The van der Waals surface area contributed by atoms with Crippen LogP contribution >= 0.6 is 0 Å². The summed E-state index contributed by atoms with van der Waals surface area (Å²) in [4.78, 5) is 10.2. The zero-order chi connectivity index (χ0) is 8.43. The second-order valence-corrected chi connectivity index (χ2v) is 2.46. The summed E-state index contributed by atoms with van der Waals surface area (Å²) in [7, 11) is 0. The number of rotatable bonds is 2. The molecule has 1 aromatic heterocycles. The molecule has 0 radical (unpaired) electrons. The van der Waals surface area contributed by atoms with Crippen LogP contribution in [0.1, 0.15) is 17.0 Å².